The van der Waals surface area contributed by atoms with Crippen LogP contribution < -0.4 is 10.9 Å². The zero-order chi connectivity index (χ0) is 16.0. The van der Waals surface area contributed by atoms with E-state index < -0.39 is 33.5 Å². The van der Waals surface area contributed by atoms with Crippen molar-refractivity contribution in [2.75, 3.05) is 11.5 Å². The van der Waals surface area contributed by atoms with Gasteiger partial charge in [-0.3, -0.25) is 9.59 Å². The first-order chi connectivity index (χ1) is 9.71. The molecule has 1 rings (SSSR count). The first-order valence-corrected chi connectivity index (χ1v) is 7.89. The molecule has 9 heteroatoms. The summed E-state index contributed by atoms with van der Waals surface area (Å²) in [6.45, 7) is 1.03. The van der Waals surface area contributed by atoms with Crippen molar-refractivity contribution in [2.24, 2.45) is 0 Å². The van der Waals surface area contributed by atoms with E-state index >= 15 is 0 Å². The maximum atomic E-state index is 11.9. The summed E-state index contributed by atoms with van der Waals surface area (Å²) in [6.07, 6.45) is 1.44. The minimum atomic E-state index is -3.74. The molecular formula is C12H16N2O6S. The van der Waals surface area contributed by atoms with Gasteiger partial charge < -0.3 is 15.0 Å². The Morgan fingerprint density at radius 3 is 2.57 bits per heavy atom. The zero-order valence-electron chi connectivity index (χ0n) is 11.4. The molecule has 21 heavy (non-hydrogen) atoms. The van der Waals surface area contributed by atoms with Crippen LogP contribution in [0.3, 0.4) is 0 Å². The Balaban J connectivity index is 2.73. The summed E-state index contributed by atoms with van der Waals surface area (Å²) in [5.41, 5.74) is -0.343. The number of carbonyl (C=O) groups excluding carboxylic acids is 1. The number of carboxylic acids is 1. The third kappa shape index (κ3) is 5.78. The van der Waals surface area contributed by atoms with E-state index in [0.717, 1.165) is 6.92 Å². The molecule has 0 aliphatic carbocycles. The summed E-state index contributed by atoms with van der Waals surface area (Å²) in [4.78, 5) is 33.2. The number of rotatable bonds is 7. The second-order valence-corrected chi connectivity index (χ2v) is 6.67. The van der Waals surface area contributed by atoms with Gasteiger partial charge in [-0.25, -0.2) is 13.2 Å². The fraction of sp³-hybridized carbons (Fsp3) is 0.417. The van der Waals surface area contributed by atoms with Crippen molar-refractivity contribution >= 4 is 21.7 Å². The number of hydrogen-bond acceptors (Lipinski definition) is 5. The Labute approximate surface area is 121 Å². The Kier molecular flexibility index (Phi) is 5.65. The van der Waals surface area contributed by atoms with Crippen LogP contribution >= 0.6 is 0 Å². The molecule has 1 amide bonds. The quantitative estimate of drug-likeness (QED) is 0.655. The Hall–Kier alpha value is -2.16. The Bertz CT molecular complexity index is 679. The van der Waals surface area contributed by atoms with Gasteiger partial charge in [0.2, 0.25) is 5.91 Å². The van der Waals surface area contributed by atoms with Gasteiger partial charge in [0, 0.05) is 25.7 Å². The lowest BCUT2D eigenvalue weighted by atomic mass is 10.3. The van der Waals surface area contributed by atoms with Crippen molar-refractivity contribution in [2.45, 2.75) is 19.5 Å². The van der Waals surface area contributed by atoms with Crippen LogP contribution in [-0.2, 0) is 26.0 Å². The number of aliphatic carboxylic acids is 1. The number of carbonyl (C=O) groups is 2. The molecule has 0 aromatic carbocycles. The van der Waals surface area contributed by atoms with Crippen molar-refractivity contribution in [3.63, 3.8) is 0 Å². The van der Waals surface area contributed by atoms with E-state index in [4.69, 9.17) is 5.11 Å². The second-order valence-electron chi connectivity index (χ2n) is 4.44. The lowest BCUT2D eigenvalue weighted by molar-refractivity contribution is -0.140. The molecule has 1 heterocycles. The Morgan fingerprint density at radius 2 is 2.05 bits per heavy atom. The number of sulfone groups is 1. The smallest absolute Gasteiger partial charge is 0.327 e. The highest BCUT2D eigenvalue weighted by Crippen LogP contribution is 1.98. The predicted molar refractivity (Wildman–Crippen MR) is 74.6 cm³/mol. The van der Waals surface area contributed by atoms with E-state index in [1.165, 1.54) is 22.9 Å². The molecule has 8 nitrogen and oxygen atoms in total. The van der Waals surface area contributed by atoms with Gasteiger partial charge in [-0.2, -0.15) is 0 Å². The standard InChI is InChI=1S/C12H16N2O6S/c1-9(15)13-10(12(17)18)8-21(19,20)7-6-14-5-3-2-4-11(14)16/h2-5,10H,6-8H2,1H3,(H,13,15)(H,17,18)/t10-/m0/s1. The molecule has 0 fully saturated rings. The number of carboxylic acid groups (broad SMARTS) is 1. The highest BCUT2D eigenvalue weighted by atomic mass is 32.2. The van der Waals surface area contributed by atoms with Crippen molar-refractivity contribution in [3.05, 3.63) is 34.7 Å². The van der Waals surface area contributed by atoms with Gasteiger partial charge in [-0.1, -0.05) is 6.07 Å². The molecular weight excluding hydrogens is 300 g/mol. The van der Waals surface area contributed by atoms with Gasteiger partial charge in [0.1, 0.15) is 6.04 Å². The number of pyridine rings is 1. The molecule has 116 valence electrons. The molecule has 1 aromatic rings. The van der Waals surface area contributed by atoms with Gasteiger partial charge in [-0.05, 0) is 6.07 Å². The highest BCUT2D eigenvalue weighted by Gasteiger charge is 2.25. The predicted octanol–water partition coefficient (Wildman–Crippen LogP) is -1.15. The van der Waals surface area contributed by atoms with Crippen molar-refractivity contribution in [3.8, 4) is 0 Å². The number of aromatic nitrogens is 1. The van der Waals surface area contributed by atoms with Gasteiger partial charge >= 0.3 is 5.97 Å². The van der Waals surface area contributed by atoms with Crippen LogP contribution in [0.5, 0.6) is 0 Å². The van der Waals surface area contributed by atoms with E-state index in [2.05, 4.69) is 5.32 Å². The van der Waals surface area contributed by atoms with Crippen LogP contribution in [0, 0.1) is 0 Å². The molecule has 0 aliphatic rings. The highest BCUT2D eigenvalue weighted by molar-refractivity contribution is 7.91. The van der Waals surface area contributed by atoms with E-state index in [1.54, 1.807) is 6.07 Å². The summed E-state index contributed by atoms with van der Waals surface area (Å²) in [5, 5.41) is 10.9. The summed E-state index contributed by atoms with van der Waals surface area (Å²) in [5.74, 6) is -3.16. The maximum Gasteiger partial charge on any atom is 0.327 e. The van der Waals surface area contributed by atoms with Gasteiger partial charge in [0.05, 0.1) is 11.5 Å². The number of nitrogens with one attached hydrogen (secondary N) is 1. The molecule has 0 aliphatic heterocycles. The molecule has 0 unspecified atom stereocenters. The average molecular weight is 316 g/mol. The van der Waals surface area contributed by atoms with Crippen LogP contribution in [-0.4, -0.2) is 47.5 Å². The fourth-order valence-electron chi connectivity index (χ4n) is 1.64. The van der Waals surface area contributed by atoms with Crippen LogP contribution in [0.15, 0.2) is 29.2 Å². The summed E-state index contributed by atoms with van der Waals surface area (Å²) < 4.78 is 25.0. The van der Waals surface area contributed by atoms with Crippen LogP contribution in [0.2, 0.25) is 0 Å². The topological polar surface area (TPSA) is 123 Å². The number of amides is 1. The van der Waals surface area contributed by atoms with E-state index in [0.29, 0.717) is 0 Å². The normalized spacial score (nSPS) is 12.6. The number of aryl methyl sites for hydroxylation is 1. The SMILES string of the molecule is CC(=O)N[C@@H](CS(=O)(=O)CCn1ccccc1=O)C(=O)O. The minimum Gasteiger partial charge on any atom is -0.480 e. The van der Waals surface area contributed by atoms with Gasteiger partial charge in [-0.15, -0.1) is 0 Å². The molecule has 0 bridgehead atoms. The molecule has 0 spiro atoms. The van der Waals surface area contributed by atoms with Crippen molar-refractivity contribution < 1.29 is 23.1 Å². The van der Waals surface area contributed by atoms with Crippen LogP contribution in [0.25, 0.3) is 0 Å². The van der Waals surface area contributed by atoms with Crippen LogP contribution in [0.4, 0.5) is 0 Å². The van der Waals surface area contributed by atoms with E-state index in [9.17, 15) is 22.8 Å². The lowest BCUT2D eigenvalue weighted by Crippen LogP contribution is -2.45. The Morgan fingerprint density at radius 1 is 1.38 bits per heavy atom. The summed E-state index contributed by atoms with van der Waals surface area (Å²) >= 11 is 0. The molecule has 1 atom stereocenters. The zero-order valence-corrected chi connectivity index (χ0v) is 12.2. The van der Waals surface area contributed by atoms with Gasteiger partial charge in [0.25, 0.3) is 5.56 Å². The molecule has 2 N–H and O–H groups in total. The fourth-order valence-corrected chi connectivity index (χ4v) is 3.02. The third-order valence-electron chi connectivity index (χ3n) is 2.64. The monoisotopic (exact) mass is 316 g/mol. The maximum absolute atomic E-state index is 11.9. The first-order valence-electron chi connectivity index (χ1n) is 6.07. The largest absolute Gasteiger partial charge is 0.480 e. The number of hydrogen-bond donors (Lipinski definition) is 2. The van der Waals surface area contributed by atoms with Crippen molar-refractivity contribution in [1.29, 1.82) is 0 Å². The number of nitrogens with zero attached hydrogens (tertiary/aromatic N) is 1. The van der Waals surface area contributed by atoms with Crippen LogP contribution in [0.1, 0.15) is 6.92 Å². The first kappa shape index (κ1) is 16.9. The van der Waals surface area contributed by atoms with E-state index in [-0.39, 0.29) is 17.9 Å². The van der Waals surface area contributed by atoms with Gasteiger partial charge in [0.15, 0.2) is 9.84 Å². The average Bonchev–Trinajstić information content (AvgIpc) is 2.36. The molecule has 0 radical (unpaired) electrons. The van der Waals surface area contributed by atoms with E-state index in [1.807, 2.05) is 0 Å². The molecule has 1 aromatic heterocycles. The summed E-state index contributed by atoms with van der Waals surface area (Å²) in [7, 11) is -3.74. The van der Waals surface area contributed by atoms with Crippen molar-refractivity contribution in [1.82, 2.24) is 9.88 Å². The third-order valence-corrected chi connectivity index (χ3v) is 4.28. The second kappa shape index (κ2) is 7.02. The molecule has 0 saturated heterocycles. The summed E-state index contributed by atoms with van der Waals surface area (Å²) in [6, 6.07) is 2.92. The minimum absolute atomic E-state index is 0.0750. The lowest BCUT2D eigenvalue weighted by Gasteiger charge is -2.13. The molecule has 0 saturated carbocycles.